The molecule has 2 heteroatoms. The van der Waals surface area contributed by atoms with Gasteiger partial charge in [0.25, 0.3) is 0 Å². The minimum Gasteiger partial charge on any atom is -0.300 e. The van der Waals surface area contributed by atoms with Crippen molar-refractivity contribution in [3.05, 3.63) is 108 Å². The summed E-state index contributed by atoms with van der Waals surface area (Å²) in [5.74, 6) is 1.02. The van der Waals surface area contributed by atoms with Crippen molar-refractivity contribution in [2.24, 2.45) is 0 Å². The first-order valence-electron chi connectivity index (χ1n) is 8.53. The van der Waals surface area contributed by atoms with Gasteiger partial charge >= 0.3 is 0 Å². The molecule has 0 aliphatic carbocycles. The normalized spacial score (nSPS) is 11.2. The molecule has 0 spiro atoms. The Hall–Kier alpha value is -2.32. The predicted molar refractivity (Wildman–Crippen MR) is 107 cm³/mol. The molecule has 0 aliphatic heterocycles. The van der Waals surface area contributed by atoms with E-state index in [4.69, 9.17) is 0 Å². The Kier molecular flexibility index (Phi) is 5.72. The summed E-state index contributed by atoms with van der Waals surface area (Å²) in [4.78, 5) is 11.5. The van der Waals surface area contributed by atoms with E-state index < -0.39 is 0 Å². The van der Waals surface area contributed by atoms with Gasteiger partial charge in [0.1, 0.15) is 5.78 Å². The quantitative estimate of drug-likeness (QED) is 0.511. The molecule has 1 nitrogen and oxygen atoms in total. The SMILES string of the molecule is CC(=O)CCSC(c1ccccc1)(c1ccccc1)c1ccccc1. The Labute approximate surface area is 154 Å². The molecule has 25 heavy (non-hydrogen) atoms. The first kappa shape index (κ1) is 17.5. The van der Waals surface area contributed by atoms with Crippen LogP contribution in [0.25, 0.3) is 0 Å². The van der Waals surface area contributed by atoms with Gasteiger partial charge in [-0.2, -0.15) is 0 Å². The van der Waals surface area contributed by atoms with Gasteiger partial charge in [0.05, 0.1) is 4.75 Å². The van der Waals surface area contributed by atoms with Crippen LogP contribution in [0.4, 0.5) is 0 Å². The average Bonchev–Trinajstić information content (AvgIpc) is 2.67. The molecule has 3 aromatic carbocycles. The van der Waals surface area contributed by atoms with Crippen LogP contribution in [0.1, 0.15) is 30.0 Å². The van der Waals surface area contributed by atoms with E-state index in [1.807, 2.05) is 30.0 Å². The molecule has 0 saturated heterocycles. The zero-order valence-corrected chi connectivity index (χ0v) is 15.2. The molecule has 3 rings (SSSR count). The van der Waals surface area contributed by atoms with Crippen molar-refractivity contribution in [2.45, 2.75) is 18.1 Å². The summed E-state index contributed by atoms with van der Waals surface area (Å²) in [5.41, 5.74) is 3.71. The van der Waals surface area contributed by atoms with Crippen molar-refractivity contribution in [1.29, 1.82) is 0 Å². The van der Waals surface area contributed by atoms with Crippen LogP contribution in [-0.2, 0) is 9.54 Å². The number of benzene rings is 3. The van der Waals surface area contributed by atoms with Gasteiger partial charge in [-0.3, -0.25) is 4.79 Å². The predicted octanol–water partition coefficient (Wildman–Crippen LogP) is 5.69. The van der Waals surface area contributed by atoms with Crippen LogP contribution in [0, 0.1) is 0 Å². The summed E-state index contributed by atoms with van der Waals surface area (Å²) in [5, 5.41) is 0. The number of Topliss-reactive ketones (excluding diaryl/α,β-unsaturated/α-hetero) is 1. The maximum absolute atomic E-state index is 11.5. The van der Waals surface area contributed by atoms with Gasteiger partial charge in [0.2, 0.25) is 0 Å². The van der Waals surface area contributed by atoms with Crippen LogP contribution in [-0.4, -0.2) is 11.5 Å². The number of carbonyl (C=O) groups excluding carboxylic acids is 1. The first-order valence-corrected chi connectivity index (χ1v) is 9.52. The maximum Gasteiger partial charge on any atom is 0.130 e. The highest BCUT2D eigenvalue weighted by molar-refractivity contribution is 8.00. The van der Waals surface area contributed by atoms with E-state index in [-0.39, 0.29) is 10.5 Å². The van der Waals surface area contributed by atoms with Crippen LogP contribution in [0.15, 0.2) is 91.0 Å². The minimum atomic E-state index is -0.320. The third-order valence-electron chi connectivity index (χ3n) is 4.31. The zero-order valence-electron chi connectivity index (χ0n) is 14.4. The van der Waals surface area contributed by atoms with Crippen molar-refractivity contribution in [2.75, 3.05) is 5.75 Å². The Morgan fingerprint density at radius 1 is 0.720 bits per heavy atom. The third kappa shape index (κ3) is 3.85. The van der Waals surface area contributed by atoms with E-state index in [0.29, 0.717) is 6.42 Å². The lowest BCUT2D eigenvalue weighted by Crippen LogP contribution is -2.26. The average molecular weight is 346 g/mol. The fourth-order valence-electron chi connectivity index (χ4n) is 3.12. The molecular formula is C23H22OS. The van der Waals surface area contributed by atoms with Crippen molar-refractivity contribution >= 4 is 17.5 Å². The van der Waals surface area contributed by atoms with Crippen LogP contribution in [0.3, 0.4) is 0 Å². The summed E-state index contributed by atoms with van der Waals surface area (Å²) in [6.45, 7) is 1.66. The zero-order chi connectivity index (χ0) is 17.5. The van der Waals surface area contributed by atoms with Crippen molar-refractivity contribution in [3.63, 3.8) is 0 Å². The molecule has 0 saturated carbocycles. The molecule has 0 heterocycles. The molecule has 0 fully saturated rings. The van der Waals surface area contributed by atoms with Crippen molar-refractivity contribution in [3.8, 4) is 0 Å². The van der Waals surface area contributed by atoms with E-state index in [9.17, 15) is 4.79 Å². The topological polar surface area (TPSA) is 17.1 Å². The molecule has 0 unspecified atom stereocenters. The van der Waals surface area contributed by atoms with Crippen LogP contribution >= 0.6 is 11.8 Å². The molecule has 0 bridgehead atoms. The lowest BCUT2D eigenvalue weighted by atomic mass is 9.84. The number of carbonyl (C=O) groups is 1. The third-order valence-corrected chi connectivity index (χ3v) is 5.86. The summed E-state index contributed by atoms with van der Waals surface area (Å²) in [7, 11) is 0. The van der Waals surface area contributed by atoms with Crippen LogP contribution in [0.5, 0.6) is 0 Å². The highest BCUT2D eigenvalue weighted by Gasteiger charge is 2.36. The standard InChI is InChI=1S/C23H22OS/c1-19(24)17-18-25-23(20-11-5-2-6-12-20,21-13-7-3-8-14-21)22-15-9-4-10-16-22/h2-16H,17-18H2,1H3. The number of hydrogen-bond acceptors (Lipinski definition) is 2. The van der Waals surface area contributed by atoms with Crippen LogP contribution < -0.4 is 0 Å². The molecule has 126 valence electrons. The number of hydrogen-bond donors (Lipinski definition) is 0. The van der Waals surface area contributed by atoms with E-state index in [1.165, 1.54) is 16.7 Å². The molecule has 0 aromatic heterocycles. The van der Waals surface area contributed by atoms with E-state index >= 15 is 0 Å². The van der Waals surface area contributed by atoms with Gasteiger partial charge in [-0.25, -0.2) is 0 Å². The van der Waals surface area contributed by atoms with E-state index in [1.54, 1.807) is 6.92 Å². The van der Waals surface area contributed by atoms with Crippen LogP contribution in [0.2, 0.25) is 0 Å². The lowest BCUT2D eigenvalue weighted by Gasteiger charge is -2.35. The Bertz CT molecular complexity index is 701. The summed E-state index contributed by atoms with van der Waals surface area (Å²) < 4.78 is -0.320. The van der Waals surface area contributed by atoms with E-state index in [2.05, 4.69) is 72.8 Å². The highest BCUT2D eigenvalue weighted by Crippen LogP contribution is 2.48. The van der Waals surface area contributed by atoms with Gasteiger partial charge in [-0.1, -0.05) is 91.0 Å². The first-order chi connectivity index (χ1) is 12.2. The molecule has 0 amide bonds. The second-order valence-corrected chi connectivity index (χ2v) is 7.39. The number of ketones is 1. The minimum absolute atomic E-state index is 0.232. The van der Waals surface area contributed by atoms with Crippen molar-refractivity contribution < 1.29 is 4.79 Å². The second kappa shape index (κ2) is 8.17. The number of rotatable bonds is 7. The van der Waals surface area contributed by atoms with Gasteiger partial charge in [0.15, 0.2) is 0 Å². The monoisotopic (exact) mass is 346 g/mol. The molecular weight excluding hydrogens is 324 g/mol. The largest absolute Gasteiger partial charge is 0.300 e. The molecule has 0 aliphatic rings. The Morgan fingerprint density at radius 3 is 1.40 bits per heavy atom. The van der Waals surface area contributed by atoms with Crippen molar-refractivity contribution in [1.82, 2.24) is 0 Å². The highest BCUT2D eigenvalue weighted by atomic mass is 32.2. The fraction of sp³-hybridized carbons (Fsp3) is 0.174. The summed E-state index contributed by atoms with van der Waals surface area (Å²) in [6.07, 6.45) is 0.582. The molecule has 0 radical (unpaired) electrons. The van der Waals surface area contributed by atoms with Gasteiger partial charge < -0.3 is 0 Å². The lowest BCUT2D eigenvalue weighted by molar-refractivity contribution is -0.116. The van der Waals surface area contributed by atoms with Gasteiger partial charge in [-0.15, -0.1) is 11.8 Å². The molecule has 0 N–H and O–H groups in total. The fourth-order valence-corrected chi connectivity index (χ4v) is 4.72. The number of thioether (sulfide) groups is 1. The molecule has 0 atom stereocenters. The maximum atomic E-state index is 11.5. The van der Waals surface area contributed by atoms with Gasteiger partial charge in [0, 0.05) is 12.2 Å². The summed E-state index contributed by atoms with van der Waals surface area (Å²) in [6, 6.07) is 31.7. The summed E-state index contributed by atoms with van der Waals surface area (Å²) >= 11 is 1.84. The molecule has 3 aromatic rings. The Balaban J connectivity index is 2.18. The second-order valence-electron chi connectivity index (χ2n) is 6.08. The van der Waals surface area contributed by atoms with Gasteiger partial charge in [-0.05, 0) is 23.6 Å². The Morgan fingerprint density at radius 2 is 1.08 bits per heavy atom. The van der Waals surface area contributed by atoms with E-state index in [0.717, 1.165) is 5.75 Å². The smallest absolute Gasteiger partial charge is 0.130 e.